The molecule has 1 unspecified atom stereocenters. The SMILES string of the molecule is CCCC1O[C@@H]2C[C@H]3[C@@H]4CCC5=CC(=O)C=C[C@]5(C)[C@H]4[C@@H](OCP(=O)(OCC)OCC)C[C@]3(C)[C@]2([C@](C)(O)CO)O1. The van der Waals surface area contributed by atoms with Crippen molar-refractivity contribution >= 4 is 13.4 Å². The first kappa shape index (κ1) is 31.5. The number of aliphatic hydroxyl groups excluding tert-OH is 1. The average molecular weight is 597 g/mol. The highest BCUT2D eigenvalue weighted by Gasteiger charge is 2.78. The Labute approximate surface area is 244 Å². The number of ether oxygens (including phenoxy) is 3. The highest BCUT2D eigenvalue weighted by Crippen LogP contribution is 2.72. The van der Waals surface area contributed by atoms with Crippen molar-refractivity contribution in [3.8, 4) is 0 Å². The minimum absolute atomic E-state index is 0.00310. The highest BCUT2D eigenvalue weighted by atomic mass is 31.2. The number of carbonyl (C=O) groups is 1. The van der Waals surface area contributed by atoms with E-state index in [2.05, 4.69) is 20.8 Å². The van der Waals surface area contributed by atoms with Gasteiger partial charge in [0.05, 0.1) is 32.0 Å². The van der Waals surface area contributed by atoms with Crippen LogP contribution in [0, 0.1) is 28.6 Å². The largest absolute Gasteiger partial charge is 0.393 e. The van der Waals surface area contributed by atoms with Gasteiger partial charge in [0.15, 0.2) is 12.1 Å². The van der Waals surface area contributed by atoms with Crippen LogP contribution in [-0.2, 0) is 32.6 Å². The van der Waals surface area contributed by atoms with Gasteiger partial charge < -0.3 is 33.5 Å². The van der Waals surface area contributed by atoms with Crippen LogP contribution in [-0.4, -0.2) is 71.9 Å². The molecular weight excluding hydrogens is 547 g/mol. The number of hydrogen-bond acceptors (Lipinski definition) is 9. The summed E-state index contributed by atoms with van der Waals surface area (Å²) in [5, 5.41) is 22.4. The fourth-order valence-corrected chi connectivity index (χ4v) is 10.8. The first-order valence-corrected chi connectivity index (χ1v) is 17.2. The topological polar surface area (TPSA) is 121 Å². The number of allylic oxidation sites excluding steroid dienone is 4. The van der Waals surface area contributed by atoms with Gasteiger partial charge in [0.2, 0.25) is 0 Å². The number of fused-ring (bicyclic) bond motifs is 7. The average Bonchev–Trinajstić information content (AvgIpc) is 3.41. The number of carbonyl (C=O) groups excluding carboxylic acids is 1. The van der Waals surface area contributed by atoms with Crippen molar-refractivity contribution in [2.75, 3.05) is 26.2 Å². The Hall–Kier alpha value is -0.900. The lowest BCUT2D eigenvalue weighted by atomic mass is 9.45. The lowest BCUT2D eigenvalue weighted by Gasteiger charge is -2.62. The smallest absolute Gasteiger partial charge is 0.356 e. The molecule has 0 aromatic rings. The van der Waals surface area contributed by atoms with Crippen molar-refractivity contribution in [2.24, 2.45) is 28.6 Å². The van der Waals surface area contributed by atoms with Crippen molar-refractivity contribution in [2.45, 2.75) is 110 Å². The molecule has 0 aromatic heterocycles. The van der Waals surface area contributed by atoms with Crippen LogP contribution in [0.3, 0.4) is 0 Å². The molecule has 4 aliphatic carbocycles. The van der Waals surface area contributed by atoms with Crippen LogP contribution < -0.4 is 0 Å². The molecule has 3 saturated carbocycles. The maximum Gasteiger partial charge on any atom is 0.356 e. The van der Waals surface area contributed by atoms with E-state index >= 15 is 0 Å². The fraction of sp³-hybridized carbons (Fsp3) is 0.839. The second kappa shape index (κ2) is 11.2. The minimum Gasteiger partial charge on any atom is -0.393 e. The maximum atomic E-state index is 13.5. The molecule has 0 bridgehead atoms. The molecule has 10 heteroatoms. The summed E-state index contributed by atoms with van der Waals surface area (Å²) in [4.78, 5) is 12.4. The van der Waals surface area contributed by atoms with Gasteiger partial charge in [-0.3, -0.25) is 9.36 Å². The second-order valence-electron chi connectivity index (χ2n) is 13.3. The monoisotopic (exact) mass is 596 g/mol. The highest BCUT2D eigenvalue weighted by molar-refractivity contribution is 7.53. The van der Waals surface area contributed by atoms with Gasteiger partial charge in [0.1, 0.15) is 17.6 Å². The van der Waals surface area contributed by atoms with Crippen LogP contribution in [0.25, 0.3) is 0 Å². The van der Waals surface area contributed by atoms with Crippen molar-refractivity contribution in [3.05, 3.63) is 23.8 Å². The molecule has 41 heavy (non-hydrogen) atoms. The number of hydrogen-bond donors (Lipinski definition) is 2. The number of rotatable bonds is 11. The summed E-state index contributed by atoms with van der Waals surface area (Å²) in [6.45, 7) is 11.6. The van der Waals surface area contributed by atoms with Crippen molar-refractivity contribution < 1.29 is 42.8 Å². The van der Waals surface area contributed by atoms with E-state index in [1.165, 1.54) is 0 Å². The lowest BCUT2D eigenvalue weighted by molar-refractivity contribution is -0.263. The molecule has 10 atom stereocenters. The fourth-order valence-electron chi connectivity index (χ4n) is 9.46. The second-order valence-corrected chi connectivity index (χ2v) is 15.3. The first-order chi connectivity index (χ1) is 19.3. The summed E-state index contributed by atoms with van der Waals surface area (Å²) in [6, 6.07) is 0. The summed E-state index contributed by atoms with van der Waals surface area (Å²) in [5.41, 5.74) is -2.64. The minimum atomic E-state index is -3.50. The Morgan fingerprint density at radius 1 is 1.20 bits per heavy atom. The zero-order valence-electron chi connectivity index (χ0n) is 25.5. The molecule has 1 aliphatic heterocycles. The zero-order chi connectivity index (χ0) is 29.8. The van der Waals surface area contributed by atoms with E-state index in [1.54, 1.807) is 32.9 Å². The Morgan fingerprint density at radius 3 is 2.54 bits per heavy atom. The van der Waals surface area contributed by atoms with Gasteiger partial charge in [-0.1, -0.05) is 38.8 Å². The Bertz CT molecular complexity index is 1110. The van der Waals surface area contributed by atoms with Crippen molar-refractivity contribution in [1.29, 1.82) is 0 Å². The van der Waals surface area contributed by atoms with Crippen LogP contribution in [0.15, 0.2) is 23.8 Å². The molecule has 0 aromatic carbocycles. The molecule has 4 fully saturated rings. The van der Waals surface area contributed by atoms with Gasteiger partial charge in [0, 0.05) is 16.7 Å². The standard InChI is InChI=1S/C31H49O9P/c1-7-10-26-39-25-16-23-22-12-11-20-15-21(33)13-14-28(20,4)27(22)24(36-19-41(35,37-8-2)38-9-3)17-29(23,5)31(25,40-26)30(6,34)18-32/h13-15,22-27,32,34H,7-12,16-19H2,1-6H3/t22-,23-,24-,25+,26?,27+,28-,29-,30+,31+/m0/s1. The van der Waals surface area contributed by atoms with E-state index in [9.17, 15) is 19.6 Å². The van der Waals surface area contributed by atoms with Crippen LogP contribution in [0.5, 0.6) is 0 Å². The molecule has 5 aliphatic rings. The molecule has 0 spiro atoms. The van der Waals surface area contributed by atoms with E-state index < -0.39 is 48.6 Å². The zero-order valence-corrected chi connectivity index (χ0v) is 26.4. The summed E-state index contributed by atoms with van der Waals surface area (Å²) in [5.74, 6) is 0.269. The quantitative estimate of drug-likeness (QED) is 0.312. The summed E-state index contributed by atoms with van der Waals surface area (Å²) >= 11 is 0. The van der Waals surface area contributed by atoms with Gasteiger partial charge in [-0.15, -0.1) is 0 Å². The van der Waals surface area contributed by atoms with E-state index in [0.29, 0.717) is 19.3 Å². The molecule has 5 rings (SSSR count). The van der Waals surface area contributed by atoms with Crippen molar-refractivity contribution in [3.63, 3.8) is 0 Å². The molecule has 9 nitrogen and oxygen atoms in total. The third-order valence-corrected chi connectivity index (χ3v) is 12.8. The molecule has 232 valence electrons. The molecular formula is C31H49O9P. The van der Waals surface area contributed by atoms with E-state index in [-0.39, 0.29) is 49.2 Å². The summed E-state index contributed by atoms with van der Waals surface area (Å²) < 4.78 is 44.6. The normalized spacial score (nSPS) is 43.1. The first-order valence-electron chi connectivity index (χ1n) is 15.4. The Morgan fingerprint density at radius 2 is 1.90 bits per heavy atom. The van der Waals surface area contributed by atoms with Crippen LogP contribution in [0.4, 0.5) is 0 Å². The van der Waals surface area contributed by atoms with Gasteiger partial charge in [0.25, 0.3) is 0 Å². The molecule has 0 amide bonds. The predicted molar refractivity (Wildman–Crippen MR) is 153 cm³/mol. The molecule has 2 N–H and O–H groups in total. The number of aliphatic hydroxyl groups is 2. The number of ketones is 1. The van der Waals surface area contributed by atoms with Crippen LogP contribution in [0.2, 0.25) is 0 Å². The van der Waals surface area contributed by atoms with Gasteiger partial charge >= 0.3 is 7.60 Å². The predicted octanol–water partition coefficient (Wildman–Crippen LogP) is 5.15. The van der Waals surface area contributed by atoms with Crippen molar-refractivity contribution in [1.82, 2.24) is 0 Å². The lowest BCUT2D eigenvalue weighted by Crippen LogP contribution is -2.69. The van der Waals surface area contributed by atoms with E-state index in [4.69, 9.17) is 23.3 Å². The van der Waals surface area contributed by atoms with E-state index in [1.807, 2.05) is 6.08 Å². The third kappa shape index (κ3) is 4.78. The maximum absolute atomic E-state index is 13.5. The molecule has 1 heterocycles. The summed E-state index contributed by atoms with van der Waals surface area (Å²) in [6.07, 6.45) is 8.43. The Kier molecular flexibility index (Phi) is 8.63. The molecule has 1 saturated heterocycles. The van der Waals surface area contributed by atoms with E-state index in [0.717, 1.165) is 24.8 Å². The van der Waals surface area contributed by atoms with Gasteiger partial charge in [-0.2, -0.15) is 0 Å². The molecule has 0 radical (unpaired) electrons. The Balaban J connectivity index is 1.59. The van der Waals surface area contributed by atoms with Crippen LogP contribution >= 0.6 is 7.60 Å². The summed E-state index contributed by atoms with van der Waals surface area (Å²) in [7, 11) is -3.50. The van der Waals surface area contributed by atoms with Gasteiger partial charge in [-0.05, 0) is 76.9 Å². The van der Waals surface area contributed by atoms with Gasteiger partial charge in [-0.25, -0.2) is 0 Å². The third-order valence-electron chi connectivity index (χ3n) is 11.0. The van der Waals surface area contributed by atoms with Crippen LogP contribution in [0.1, 0.15) is 80.1 Å².